The molecule has 21 heavy (non-hydrogen) atoms. The van der Waals surface area contributed by atoms with Crippen LogP contribution in [0.15, 0.2) is 48.7 Å². The third kappa shape index (κ3) is 3.05. The molecule has 0 unspecified atom stereocenters. The molecule has 1 aliphatic heterocycles. The largest absolute Gasteiger partial charge is 0.373 e. The molecule has 3 rings (SSSR count). The van der Waals surface area contributed by atoms with Crippen LogP contribution in [0.3, 0.4) is 0 Å². The minimum absolute atomic E-state index is 0.141. The van der Waals surface area contributed by atoms with Crippen molar-refractivity contribution in [2.75, 3.05) is 18.9 Å². The van der Waals surface area contributed by atoms with Crippen molar-refractivity contribution < 1.29 is 4.79 Å². The van der Waals surface area contributed by atoms with Gasteiger partial charge >= 0.3 is 0 Å². The summed E-state index contributed by atoms with van der Waals surface area (Å²) in [4.78, 5) is 18.6. The van der Waals surface area contributed by atoms with Gasteiger partial charge in [-0.3, -0.25) is 9.78 Å². The number of fused-ring (bicyclic) bond motifs is 1. The number of para-hydroxylation sites is 1. The van der Waals surface area contributed by atoms with E-state index in [2.05, 4.69) is 16.4 Å². The van der Waals surface area contributed by atoms with E-state index in [0.717, 1.165) is 24.2 Å². The van der Waals surface area contributed by atoms with Crippen LogP contribution in [0.5, 0.6) is 0 Å². The van der Waals surface area contributed by atoms with Gasteiger partial charge in [-0.25, -0.2) is 0 Å². The Balaban J connectivity index is 1.56. The Hall–Kier alpha value is -2.36. The van der Waals surface area contributed by atoms with Gasteiger partial charge in [0, 0.05) is 44.0 Å². The number of anilines is 1. The fourth-order valence-corrected chi connectivity index (χ4v) is 2.65. The molecule has 1 amide bonds. The van der Waals surface area contributed by atoms with Gasteiger partial charge in [-0.05, 0) is 23.8 Å². The Morgan fingerprint density at radius 1 is 1.29 bits per heavy atom. The number of hydrogen-bond acceptors (Lipinski definition) is 3. The number of carbonyl (C=O) groups is 1. The Morgan fingerprint density at radius 2 is 2.10 bits per heavy atom. The monoisotopic (exact) mass is 281 g/mol. The minimum atomic E-state index is -0.142. The Morgan fingerprint density at radius 3 is 2.86 bits per heavy atom. The van der Waals surface area contributed by atoms with Crippen molar-refractivity contribution in [1.82, 2.24) is 9.88 Å². The predicted octanol–water partition coefficient (Wildman–Crippen LogP) is 2.12. The first-order valence-corrected chi connectivity index (χ1v) is 7.23. The molecule has 0 fully saturated rings. The lowest BCUT2D eigenvalue weighted by Crippen LogP contribution is -2.40. The van der Waals surface area contributed by atoms with Crippen molar-refractivity contribution in [3.8, 4) is 0 Å². The SMILES string of the molecule is CN(CCc1ccccn1)C(=O)[C@@H]1Cc2ccccc2N1. The van der Waals surface area contributed by atoms with E-state index in [9.17, 15) is 4.79 Å². The zero-order valence-corrected chi connectivity index (χ0v) is 12.1. The number of benzene rings is 1. The number of rotatable bonds is 4. The van der Waals surface area contributed by atoms with Crippen molar-refractivity contribution in [3.63, 3.8) is 0 Å². The van der Waals surface area contributed by atoms with Gasteiger partial charge in [0.15, 0.2) is 0 Å². The molecule has 1 aromatic heterocycles. The van der Waals surface area contributed by atoms with Gasteiger partial charge in [0.05, 0.1) is 0 Å². The van der Waals surface area contributed by atoms with E-state index in [-0.39, 0.29) is 11.9 Å². The summed E-state index contributed by atoms with van der Waals surface area (Å²) < 4.78 is 0. The van der Waals surface area contributed by atoms with Gasteiger partial charge in [0.25, 0.3) is 0 Å². The number of hydrogen-bond donors (Lipinski definition) is 1. The van der Waals surface area contributed by atoms with Crippen LogP contribution in [0, 0.1) is 0 Å². The number of nitrogens with zero attached hydrogens (tertiary/aromatic N) is 2. The summed E-state index contributed by atoms with van der Waals surface area (Å²) in [5.41, 5.74) is 3.31. The maximum atomic E-state index is 12.5. The molecule has 1 aliphatic rings. The molecule has 1 aromatic carbocycles. The van der Waals surface area contributed by atoms with Crippen molar-refractivity contribution in [2.45, 2.75) is 18.9 Å². The molecular formula is C17H19N3O. The Kier molecular flexibility index (Phi) is 3.86. The average molecular weight is 281 g/mol. The molecule has 1 atom stereocenters. The zero-order valence-electron chi connectivity index (χ0n) is 12.1. The van der Waals surface area contributed by atoms with Gasteiger partial charge in [0.2, 0.25) is 5.91 Å². The standard InChI is InChI=1S/C17H19N3O/c1-20(11-9-14-7-4-5-10-18-14)17(21)16-12-13-6-2-3-8-15(13)19-16/h2-8,10,16,19H,9,11-12H2,1H3/t16-/m0/s1. The highest BCUT2D eigenvalue weighted by Gasteiger charge is 2.28. The molecule has 108 valence electrons. The normalized spacial score (nSPS) is 16.1. The van der Waals surface area contributed by atoms with Gasteiger partial charge in [-0.2, -0.15) is 0 Å². The molecule has 4 heteroatoms. The predicted molar refractivity (Wildman–Crippen MR) is 83.1 cm³/mol. The lowest BCUT2D eigenvalue weighted by Gasteiger charge is -2.21. The van der Waals surface area contributed by atoms with Crippen molar-refractivity contribution >= 4 is 11.6 Å². The summed E-state index contributed by atoms with van der Waals surface area (Å²) in [7, 11) is 1.86. The molecule has 0 radical (unpaired) electrons. The summed E-state index contributed by atoms with van der Waals surface area (Å²) in [6, 6.07) is 13.8. The lowest BCUT2D eigenvalue weighted by atomic mass is 10.1. The summed E-state index contributed by atoms with van der Waals surface area (Å²) in [6.07, 6.45) is 3.33. The van der Waals surface area contributed by atoms with E-state index in [1.54, 1.807) is 11.1 Å². The van der Waals surface area contributed by atoms with E-state index in [1.807, 2.05) is 43.4 Å². The number of aromatic nitrogens is 1. The number of nitrogens with one attached hydrogen (secondary N) is 1. The first-order valence-electron chi connectivity index (χ1n) is 7.23. The Bertz CT molecular complexity index is 602. The van der Waals surface area contributed by atoms with Crippen LogP contribution in [-0.2, 0) is 17.6 Å². The summed E-state index contributed by atoms with van der Waals surface area (Å²) in [5, 5.41) is 3.31. The molecule has 2 heterocycles. The highest BCUT2D eigenvalue weighted by atomic mass is 16.2. The highest BCUT2D eigenvalue weighted by molar-refractivity contribution is 5.87. The summed E-state index contributed by atoms with van der Waals surface area (Å²) in [6.45, 7) is 0.685. The van der Waals surface area contributed by atoms with Crippen molar-refractivity contribution in [3.05, 3.63) is 59.9 Å². The van der Waals surface area contributed by atoms with Crippen LogP contribution in [-0.4, -0.2) is 35.4 Å². The first kappa shape index (κ1) is 13.6. The van der Waals surface area contributed by atoms with Gasteiger partial charge in [-0.15, -0.1) is 0 Å². The third-order valence-electron chi connectivity index (χ3n) is 3.87. The van der Waals surface area contributed by atoms with Crippen LogP contribution in [0.4, 0.5) is 5.69 Å². The van der Waals surface area contributed by atoms with Crippen LogP contribution < -0.4 is 5.32 Å². The first-order chi connectivity index (χ1) is 10.2. The van der Waals surface area contributed by atoms with E-state index < -0.39 is 0 Å². The lowest BCUT2D eigenvalue weighted by molar-refractivity contribution is -0.130. The van der Waals surface area contributed by atoms with Crippen LogP contribution in [0.25, 0.3) is 0 Å². The number of pyridine rings is 1. The van der Waals surface area contributed by atoms with Crippen LogP contribution in [0.2, 0.25) is 0 Å². The smallest absolute Gasteiger partial charge is 0.245 e. The number of amides is 1. The van der Waals surface area contributed by atoms with E-state index in [1.165, 1.54) is 5.56 Å². The molecule has 0 aliphatic carbocycles. The number of likely N-dealkylation sites (N-methyl/N-ethyl adjacent to an activating group) is 1. The van der Waals surface area contributed by atoms with Gasteiger partial charge in [0.1, 0.15) is 6.04 Å². The minimum Gasteiger partial charge on any atom is -0.373 e. The average Bonchev–Trinajstić information content (AvgIpc) is 2.97. The quantitative estimate of drug-likeness (QED) is 0.933. The van der Waals surface area contributed by atoms with Gasteiger partial charge in [-0.1, -0.05) is 24.3 Å². The van der Waals surface area contributed by atoms with Crippen molar-refractivity contribution in [2.24, 2.45) is 0 Å². The van der Waals surface area contributed by atoms with E-state index in [0.29, 0.717) is 6.54 Å². The molecule has 1 N–H and O–H groups in total. The third-order valence-corrected chi connectivity index (χ3v) is 3.87. The van der Waals surface area contributed by atoms with E-state index in [4.69, 9.17) is 0 Å². The van der Waals surface area contributed by atoms with Gasteiger partial charge < -0.3 is 10.2 Å². The second-order valence-electron chi connectivity index (χ2n) is 5.39. The fraction of sp³-hybridized carbons (Fsp3) is 0.294. The van der Waals surface area contributed by atoms with Crippen molar-refractivity contribution in [1.29, 1.82) is 0 Å². The summed E-state index contributed by atoms with van der Waals surface area (Å²) >= 11 is 0. The highest BCUT2D eigenvalue weighted by Crippen LogP contribution is 2.25. The molecule has 4 nitrogen and oxygen atoms in total. The molecule has 0 bridgehead atoms. The van der Waals surface area contributed by atoms with E-state index >= 15 is 0 Å². The second kappa shape index (κ2) is 5.95. The van der Waals surface area contributed by atoms with Crippen LogP contribution in [0.1, 0.15) is 11.3 Å². The topological polar surface area (TPSA) is 45.2 Å². The maximum absolute atomic E-state index is 12.5. The maximum Gasteiger partial charge on any atom is 0.245 e. The zero-order chi connectivity index (χ0) is 14.7. The number of carbonyl (C=O) groups excluding carboxylic acids is 1. The second-order valence-corrected chi connectivity index (χ2v) is 5.39. The van der Waals surface area contributed by atoms with Crippen LogP contribution >= 0.6 is 0 Å². The fourth-order valence-electron chi connectivity index (χ4n) is 2.65. The molecular weight excluding hydrogens is 262 g/mol. The molecule has 2 aromatic rings. The molecule has 0 saturated heterocycles. The Labute approximate surface area is 124 Å². The molecule has 0 saturated carbocycles. The summed E-state index contributed by atoms with van der Waals surface area (Å²) in [5.74, 6) is 0.141. The molecule has 0 spiro atoms.